The Hall–Kier alpha value is -2.32. The first-order valence-corrected chi connectivity index (χ1v) is 7.53. The van der Waals surface area contributed by atoms with Crippen LogP contribution in [0.1, 0.15) is 35.6 Å². The smallest absolute Gasteiger partial charge is 0.332 e. The lowest BCUT2D eigenvalue weighted by atomic mass is 9.88. The summed E-state index contributed by atoms with van der Waals surface area (Å²) >= 11 is 6.10. The maximum atomic E-state index is 11.7. The van der Waals surface area contributed by atoms with E-state index < -0.39 is 5.97 Å². The Balaban J connectivity index is 2.42. The van der Waals surface area contributed by atoms with Crippen molar-refractivity contribution in [1.82, 2.24) is 0 Å². The van der Waals surface area contributed by atoms with Crippen molar-refractivity contribution in [3.8, 4) is 0 Å². The van der Waals surface area contributed by atoms with Gasteiger partial charge >= 0.3 is 5.97 Å². The molecule has 0 aromatic heterocycles. The lowest BCUT2D eigenvalue weighted by Crippen LogP contribution is -2.06. The van der Waals surface area contributed by atoms with Crippen LogP contribution < -0.4 is 0 Å². The molecule has 1 aliphatic rings. The minimum Gasteiger partial charge on any atom is -0.478 e. The Labute approximate surface area is 134 Å². The van der Waals surface area contributed by atoms with E-state index in [0.29, 0.717) is 17.0 Å². The molecule has 0 radical (unpaired) electrons. The van der Waals surface area contributed by atoms with Crippen LogP contribution in [0.15, 0.2) is 48.0 Å². The second kappa shape index (κ2) is 5.82. The molecule has 0 fully saturated rings. The monoisotopic (exact) mass is 310 g/mol. The summed E-state index contributed by atoms with van der Waals surface area (Å²) < 4.78 is 0. The van der Waals surface area contributed by atoms with E-state index in [2.05, 4.69) is 0 Å². The van der Waals surface area contributed by atoms with Crippen molar-refractivity contribution < 1.29 is 9.90 Å². The van der Waals surface area contributed by atoms with Crippen LogP contribution in [0.4, 0.5) is 0 Å². The van der Waals surface area contributed by atoms with Crippen molar-refractivity contribution >= 4 is 35.3 Å². The molecule has 0 aliphatic heterocycles. The van der Waals surface area contributed by atoms with Crippen LogP contribution in [0.5, 0.6) is 0 Å². The molecule has 1 aliphatic carbocycles. The van der Waals surface area contributed by atoms with E-state index in [0.717, 1.165) is 27.8 Å². The quantitative estimate of drug-likeness (QED) is 0.667. The Bertz CT molecular complexity index is 816. The van der Waals surface area contributed by atoms with Gasteiger partial charge in [-0.05, 0) is 40.8 Å². The van der Waals surface area contributed by atoms with Crippen LogP contribution in [0.25, 0.3) is 17.7 Å². The first kappa shape index (κ1) is 14.6. The number of hydrogen-bond acceptors (Lipinski definition) is 1. The highest BCUT2D eigenvalue weighted by Gasteiger charge is 2.21. The molecule has 0 atom stereocenters. The topological polar surface area (TPSA) is 37.3 Å². The van der Waals surface area contributed by atoms with Gasteiger partial charge in [0.1, 0.15) is 0 Å². The van der Waals surface area contributed by atoms with Crippen molar-refractivity contribution in [2.24, 2.45) is 0 Å². The highest BCUT2D eigenvalue weighted by molar-refractivity contribution is 6.30. The summed E-state index contributed by atoms with van der Waals surface area (Å²) in [6.07, 6.45) is 4.45. The number of halogens is 1. The number of hydrogen-bond donors (Lipinski definition) is 1. The molecule has 2 aromatic rings. The fourth-order valence-corrected chi connectivity index (χ4v) is 3.03. The third kappa shape index (κ3) is 2.46. The van der Waals surface area contributed by atoms with E-state index in [-0.39, 0.29) is 0 Å². The van der Waals surface area contributed by atoms with Crippen LogP contribution in [-0.4, -0.2) is 11.1 Å². The molecule has 0 saturated heterocycles. The summed E-state index contributed by atoms with van der Waals surface area (Å²) in [6.45, 7) is 1.87. The van der Waals surface area contributed by atoms with Gasteiger partial charge in [-0.1, -0.05) is 61.0 Å². The van der Waals surface area contributed by atoms with Gasteiger partial charge in [0.25, 0.3) is 0 Å². The van der Waals surface area contributed by atoms with E-state index in [1.165, 1.54) is 0 Å². The zero-order chi connectivity index (χ0) is 15.7. The fraction of sp³-hybridized carbons (Fsp3) is 0.105. The van der Waals surface area contributed by atoms with Crippen LogP contribution >= 0.6 is 11.6 Å². The molecule has 3 rings (SSSR count). The zero-order valence-electron chi connectivity index (χ0n) is 12.1. The van der Waals surface area contributed by atoms with Gasteiger partial charge in [-0.15, -0.1) is 0 Å². The lowest BCUT2D eigenvalue weighted by molar-refractivity contribution is -0.132. The summed E-state index contributed by atoms with van der Waals surface area (Å²) in [5.41, 5.74) is 4.99. The average molecular weight is 311 g/mol. The minimum absolute atomic E-state index is 0.416. The summed E-state index contributed by atoms with van der Waals surface area (Å²) in [6, 6.07) is 13.4. The molecular weight excluding hydrogens is 296 g/mol. The largest absolute Gasteiger partial charge is 0.478 e. The number of carbonyl (C=O) groups is 1. The summed E-state index contributed by atoms with van der Waals surface area (Å²) in [5.74, 6) is -0.880. The normalized spacial score (nSPS) is 14.8. The molecule has 2 aromatic carbocycles. The van der Waals surface area contributed by atoms with Crippen LogP contribution in [0.2, 0.25) is 5.02 Å². The maximum absolute atomic E-state index is 11.7. The van der Waals surface area contributed by atoms with Crippen molar-refractivity contribution in [2.75, 3.05) is 0 Å². The van der Waals surface area contributed by atoms with Crippen molar-refractivity contribution in [3.05, 3.63) is 75.3 Å². The molecule has 0 heterocycles. The highest BCUT2D eigenvalue weighted by Crippen LogP contribution is 2.37. The van der Waals surface area contributed by atoms with E-state index in [1.54, 1.807) is 6.07 Å². The predicted octanol–water partition coefficient (Wildman–Crippen LogP) is 5.12. The third-order valence-corrected chi connectivity index (χ3v) is 4.10. The van der Waals surface area contributed by atoms with Gasteiger partial charge in [0.2, 0.25) is 0 Å². The molecule has 3 heteroatoms. The van der Waals surface area contributed by atoms with Crippen molar-refractivity contribution in [3.63, 3.8) is 0 Å². The first-order valence-electron chi connectivity index (χ1n) is 7.15. The van der Waals surface area contributed by atoms with E-state index in [4.69, 9.17) is 11.6 Å². The molecule has 1 N–H and O–H groups in total. The van der Waals surface area contributed by atoms with Gasteiger partial charge in [0, 0.05) is 16.2 Å². The maximum Gasteiger partial charge on any atom is 0.332 e. The molecule has 0 spiro atoms. The van der Waals surface area contributed by atoms with Gasteiger partial charge in [-0.25, -0.2) is 4.79 Å². The third-order valence-electron chi connectivity index (χ3n) is 3.87. The molecule has 0 unspecified atom stereocenters. The number of carboxylic acids is 1. The Morgan fingerprint density at radius 1 is 1.05 bits per heavy atom. The zero-order valence-corrected chi connectivity index (χ0v) is 12.9. The highest BCUT2D eigenvalue weighted by atomic mass is 35.5. The van der Waals surface area contributed by atoms with E-state index in [9.17, 15) is 9.90 Å². The van der Waals surface area contributed by atoms with Crippen LogP contribution in [0.3, 0.4) is 0 Å². The standard InChI is InChI=1S/C19H15ClO2/c1-2-15(19(21)22)18-16-6-4-3-5-12(16)7-8-13-11-14(20)9-10-17(13)18/h3-11H,2H2,1H3,(H,21,22). The number of benzene rings is 2. The summed E-state index contributed by atoms with van der Waals surface area (Å²) in [4.78, 5) is 11.7. The van der Waals surface area contributed by atoms with Crippen molar-refractivity contribution in [2.45, 2.75) is 13.3 Å². The van der Waals surface area contributed by atoms with Gasteiger partial charge in [0.05, 0.1) is 0 Å². The van der Waals surface area contributed by atoms with Crippen molar-refractivity contribution in [1.29, 1.82) is 0 Å². The van der Waals surface area contributed by atoms with Gasteiger partial charge < -0.3 is 5.11 Å². The number of carboxylic acid groups (broad SMARTS) is 1. The average Bonchev–Trinajstić information content (AvgIpc) is 2.66. The Morgan fingerprint density at radius 3 is 2.45 bits per heavy atom. The SMILES string of the molecule is CCC(C(=O)O)=C1c2ccccc2C=Cc2cc(Cl)ccc21. The van der Waals surface area contributed by atoms with Gasteiger partial charge in [-0.2, -0.15) is 0 Å². The van der Waals surface area contributed by atoms with Gasteiger partial charge in [0.15, 0.2) is 0 Å². The summed E-state index contributed by atoms with van der Waals surface area (Å²) in [7, 11) is 0. The molecule has 0 amide bonds. The second-order valence-corrected chi connectivity index (χ2v) is 5.60. The molecular formula is C19H15ClO2. The lowest BCUT2D eigenvalue weighted by Gasteiger charge is -2.15. The Kier molecular flexibility index (Phi) is 3.86. The van der Waals surface area contributed by atoms with E-state index in [1.807, 2.05) is 55.5 Å². The fourth-order valence-electron chi connectivity index (χ4n) is 2.85. The number of aliphatic carboxylic acids is 1. The Morgan fingerprint density at radius 2 is 1.73 bits per heavy atom. The van der Waals surface area contributed by atoms with Gasteiger partial charge in [-0.3, -0.25) is 0 Å². The van der Waals surface area contributed by atoms with Crippen LogP contribution in [0, 0.1) is 0 Å². The number of rotatable bonds is 2. The summed E-state index contributed by atoms with van der Waals surface area (Å²) in [5, 5.41) is 10.3. The molecule has 0 saturated carbocycles. The van der Waals surface area contributed by atoms with E-state index >= 15 is 0 Å². The number of fused-ring (bicyclic) bond motifs is 2. The first-order chi connectivity index (χ1) is 10.6. The molecule has 0 bridgehead atoms. The minimum atomic E-state index is -0.880. The molecule has 2 nitrogen and oxygen atoms in total. The predicted molar refractivity (Wildman–Crippen MR) is 90.8 cm³/mol. The molecule has 22 heavy (non-hydrogen) atoms. The molecule has 110 valence electrons. The second-order valence-electron chi connectivity index (χ2n) is 5.16. The van der Waals surface area contributed by atoms with Crippen LogP contribution in [-0.2, 0) is 4.79 Å².